The van der Waals surface area contributed by atoms with Crippen molar-refractivity contribution in [2.45, 2.75) is 0 Å². The van der Waals surface area contributed by atoms with Gasteiger partial charge in [-0.15, -0.1) is 0 Å². The molecule has 0 spiro atoms. The van der Waals surface area contributed by atoms with Crippen molar-refractivity contribution in [3.63, 3.8) is 0 Å². The first-order valence-electron chi connectivity index (χ1n) is 13.7. The SMILES string of the molecule is O=C(c1ccccc1)c1ccc(-n2c3ccccc3c3c4c5ccccc5oc4c4oc5ccccc5c4c32)cc1. The largest absolute Gasteiger partial charge is 0.452 e. The molecule has 192 valence electrons. The van der Waals surface area contributed by atoms with Crippen molar-refractivity contribution in [1.29, 1.82) is 0 Å². The molecule has 0 amide bonds. The number of ketones is 1. The summed E-state index contributed by atoms with van der Waals surface area (Å²) in [4.78, 5) is 13.2. The first kappa shape index (κ1) is 22.2. The predicted octanol–water partition coefficient (Wildman–Crippen LogP) is 9.81. The number of aromatic nitrogens is 1. The van der Waals surface area contributed by atoms with E-state index < -0.39 is 0 Å². The van der Waals surface area contributed by atoms with E-state index in [9.17, 15) is 4.79 Å². The summed E-state index contributed by atoms with van der Waals surface area (Å²) in [7, 11) is 0. The van der Waals surface area contributed by atoms with Gasteiger partial charge in [0.2, 0.25) is 0 Å². The molecule has 0 fully saturated rings. The zero-order chi connectivity index (χ0) is 27.1. The molecule has 3 heterocycles. The van der Waals surface area contributed by atoms with Crippen molar-refractivity contribution in [1.82, 2.24) is 4.57 Å². The number of furan rings is 2. The Morgan fingerprint density at radius 2 is 1.02 bits per heavy atom. The Morgan fingerprint density at radius 1 is 0.488 bits per heavy atom. The molecule has 6 aromatic carbocycles. The van der Waals surface area contributed by atoms with Crippen molar-refractivity contribution < 1.29 is 13.6 Å². The number of carbonyl (C=O) groups excluding carboxylic acids is 1. The maximum absolute atomic E-state index is 13.2. The van der Waals surface area contributed by atoms with Crippen LogP contribution in [-0.2, 0) is 0 Å². The summed E-state index contributed by atoms with van der Waals surface area (Å²) in [6, 6.07) is 42.1. The highest BCUT2D eigenvalue weighted by atomic mass is 16.4. The van der Waals surface area contributed by atoms with Gasteiger partial charge in [-0.3, -0.25) is 4.79 Å². The molecule has 4 heteroatoms. The number of benzene rings is 6. The molecule has 3 aromatic heterocycles. The number of hydrogen-bond donors (Lipinski definition) is 0. The smallest absolute Gasteiger partial charge is 0.193 e. The van der Waals surface area contributed by atoms with E-state index in [4.69, 9.17) is 8.83 Å². The van der Waals surface area contributed by atoms with Gasteiger partial charge in [0.1, 0.15) is 11.2 Å². The van der Waals surface area contributed by atoms with Gasteiger partial charge < -0.3 is 13.4 Å². The summed E-state index contributed by atoms with van der Waals surface area (Å²) in [5.74, 6) is 0.00849. The van der Waals surface area contributed by atoms with E-state index in [1.165, 1.54) is 0 Å². The highest BCUT2D eigenvalue weighted by Gasteiger charge is 2.26. The maximum atomic E-state index is 13.2. The minimum Gasteiger partial charge on any atom is -0.452 e. The number of carbonyl (C=O) groups is 1. The third kappa shape index (κ3) is 3.02. The summed E-state index contributed by atoms with van der Waals surface area (Å²) in [6.45, 7) is 0. The van der Waals surface area contributed by atoms with Crippen molar-refractivity contribution in [2.75, 3.05) is 0 Å². The zero-order valence-electron chi connectivity index (χ0n) is 21.8. The number of fused-ring (bicyclic) bond motifs is 12. The van der Waals surface area contributed by atoms with E-state index in [2.05, 4.69) is 41.0 Å². The van der Waals surface area contributed by atoms with Crippen LogP contribution in [0.25, 0.3) is 71.4 Å². The molecule has 0 aliphatic carbocycles. The van der Waals surface area contributed by atoms with Crippen molar-refractivity contribution in [2.24, 2.45) is 0 Å². The van der Waals surface area contributed by atoms with Crippen LogP contribution < -0.4 is 0 Å². The van der Waals surface area contributed by atoms with Crippen molar-refractivity contribution >= 4 is 71.5 Å². The molecule has 9 aromatic rings. The summed E-state index contributed by atoms with van der Waals surface area (Å²) in [5, 5.41) is 6.42. The van der Waals surface area contributed by atoms with E-state index >= 15 is 0 Å². The van der Waals surface area contributed by atoms with Crippen LogP contribution in [0.3, 0.4) is 0 Å². The highest BCUT2D eigenvalue weighted by Crippen LogP contribution is 2.48. The molecule has 0 aliphatic rings. The molecule has 0 aliphatic heterocycles. The molecular weight excluding hydrogens is 506 g/mol. The van der Waals surface area contributed by atoms with Crippen LogP contribution in [0.15, 0.2) is 136 Å². The molecule has 9 rings (SSSR count). The molecule has 41 heavy (non-hydrogen) atoms. The third-order valence-corrected chi connectivity index (χ3v) is 8.18. The molecule has 0 bridgehead atoms. The van der Waals surface area contributed by atoms with Crippen LogP contribution >= 0.6 is 0 Å². The lowest BCUT2D eigenvalue weighted by Gasteiger charge is -2.10. The van der Waals surface area contributed by atoms with E-state index in [-0.39, 0.29) is 5.78 Å². The number of hydrogen-bond acceptors (Lipinski definition) is 3. The van der Waals surface area contributed by atoms with Crippen LogP contribution in [-0.4, -0.2) is 10.4 Å². The fourth-order valence-corrected chi connectivity index (χ4v) is 6.41. The number of para-hydroxylation sites is 3. The van der Waals surface area contributed by atoms with E-state index in [1.807, 2.05) is 91.0 Å². The maximum Gasteiger partial charge on any atom is 0.193 e. The second-order valence-corrected chi connectivity index (χ2v) is 10.4. The fourth-order valence-electron chi connectivity index (χ4n) is 6.41. The second kappa shape index (κ2) is 8.20. The van der Waals surface area contributed by atoms with Gasteiger partial charge in [-0.1, -0.05) is 84.9 Å². The molecule has 0 unspecified atom stereocenters. The van der Waals surface area contributed by atoms with Gasteiger partial charge in [-0.2, -0.15) is 0 Å². The molecule has 4 nitrogen and oxygen atoms in total. The van der Waals surface area contributed by atoms with Gasteiger partial charge in [0, 0.05) is 43.7 Å². The summed E-state index contributed by atoms with van der Waals surface area (Å²) >= 11 is 0. The zero-order valence-corrected chi connectivity index (χ0v) is 21.8. The van der Waals surface area contributed by atoms with Crippen LogP contribution in [0.5, 0.6) is 0 Å². The summed E-state index contributed by atoms with van der Waals surface area (Å²) in [6.07, 6.45) is 0. The van der Waals surface area contributed by atoms with Crippen LogP contribution in [0, 0.1) is 0 Å². The topological polar surface area (TPSA) is 48.3 Å². The number of nitrogens with zero attached hydrogens (tertiary/aromatic N) is 1. The van der Waals surface area contributed by atoms with Gasteiger partial charge in [0.15, 0.2) is 16.9 Å². The second-order valence-electron chi connectivity index (χ2n) is 10.4. The first-order valence-corrected chi connectivity index (χ1v) is 13.7. The van der Waals surface area contributed by atoms with Gasteiger partial charge in [-0.25, -0.2) is 0 Å². The Morgan fingerprint density at radius 3 is 1.73 bits per heavy atom. The van der Waals surface area contributed by atoms with E-state index in [0.717, 1.165) is 71.4 Å². The lowest BCUT2D eigenvalue weighted by Crippen LogP contribution is -2.02. The monoisotopic (exact) mass is 527 g/mol. The molecule has 0 radical (unpaired) electrons. The van der Waals surface area contributed by atoms with Gasteiger partial charge >= 0.3 is 0 Å². The lowest BCUT2D eigenvalue weighted by molar-refractivity contribution is 0.103. The Balaban J connectivity index is 1.44. The van der Waals surface area contributed by atoms with Crippen LogP contribution in [0.2, 0.25) is 0 Å². The average Bonchev–Trinajstić information content (AvgIpc) is 3.71. The van der Waals surface area contributed by atoms with Crippen LogP contribution in [0.4, 0.5) is 0 Å². The summed E-state index contributed by atoms with van der Waals surface area (Å²) < 4.78 is 15.3. The molecule has 0 N–H and O–H groups in total. The average molecular weight is 528 g/mol. The Kier molecular flexibility index (Phi) is 4.44. The van der Waals surface area contributed by atoms with Crippen molar-refractivity contribution in [3.8, 4) is 5.69 Å². The van der Waals surface area contributed by atoms with Gasteiger partial charge in [-0.05, 0) is 42.5 Å². The van der Waals surface area contributed by atoms with Gasteiger partial charge in [0.25, 0.3) is 0 Å². The Labute approximate surface area is 233 Å². The quantitative estimate of drug-likeness (QED) is 0.215. The predicted molar refractivity (Wildman–Crippen MR) is 165 cm³/mol. The van der Waals surface area contributed by atoms with E-state index in [1.54, 1.807) is 0 Å². The normalized spacial score (nSPS) is 12.0. The Bertz CT molecular complexity index is 2470. The van der Waals surface area contributed by atoms with Crippen LogP contribution in [0.1, 0.15) is 15.9 Å². The molecule has 0 saturated carbocycles. The number of rotatable bonds is 3. The standard InChI is InChI=1S/C37H21NO3/c39-35(22-10-2-1-3-11-22)23-18-20-24(21-19-23)38-28-15-7-4-12-25(28)31-32-26-13-5-8-16-29(26)40-36(32)37-33(34(31)38)27-14-6-9-17-30(27)41-37/h1-21H. The van der Waals surface area contributed by atoms with Crippen molar-refractivity contribution in [3.05, 3.63) is 139 Å². The Hall–Kier alpha value is -5.61. The summed E-state index contributed by atoms with van der Waals surface area (Å²) in [5.41, 5.74) is 7.60. The highest BCUT2D eigenvalue weighted by molar-refractivity contribution is 6.38. The van der Waals surface area contributed by atoms with E-state index in [0.29, 0.717) is 11.1 Å². The molecule has 0 saturated heterocycles. The minimum atomic E-state index is 0.00849. The van der Waals surface area contributed by atoms with Gasteiger partial charge in [0.05, 0.1) is 16.4 Å². The third-order valence-electron chi connectivity index (χ3n) is 8.18. The fraction of sp³-hybridized carbons (Fsp3) is 0. The molecule has 0 atom stereocenters. The lowest BCUT2D eigenvalue weighted by atomic mass is 10.0. The minimum absolute atomic E-state index is 0.00849. The first-order chi connectivity index (χ1) is 20.3. The molecular formula is C37H21NO3.